The van der Waals surface area contributed by atoms with Crippen LogP contribution in [0.25, 0.3) is 33.7 Å². The van der Waals surface area contributed by atoms with Crippen LogP contribution in [0.3, 0.4) is 0 Å². The summed E-state index contributed by atoms with van der Waals surface area (Å²) >= 11 is 0. The van der Waals surface area contributed by atoms with Crippen LogP contribution >= 0.6 is 0 Å². The Balaban J connectivity index is 1.88. The highest BCUT2D eigenvalue weighted by Gasteiger charge is 2.18. The summed E-state index contributed by atoms with van der Waals surface area (Å²) in [6.07, 6.45) is 1.71. The SMILES string of the molecule is COc1ccccc1-c1noc(-c2cn(C)c3ccccc3c2=O)n1. The molecule has 0 bridgehead atoms. The topological polar surface area (TPSA) is 70.2 Å². The van der Waals surface area contributed by atoms with Gasteiger partial charge in [-0.25, -0.2) is 0 Å². The number of fused-ring (bicyclic) bond motifs is 1. The highest BCUT2D eigenvalue weighted by atomic mass is 16.5. The Kier molecular flexibility index (Phi) is 3.57. The van der Waals surface area contributed by atoms with Gasteiger partial charge in [0.15, 0.2) is 0 Å². The molecule has 0 spiro atoms. The van der Waals surface area contributed by atoms with Crippen LogP contribution in [0, 0.1) is 0 Å². The van der Waals surface area contributed by atoms with Gasteiger partial charge in [-0.1, -0.05) is 29.4 Å². The number of ether oxygens (including phenoxy) is 1. The summed E-state index contributed by atoms with van der Waals surface area (Å²) in [5, 5.41) is 4.62. The third kappa shape index (κ3) is 2.48. The van der Waals surface area contributed by atoms with Gasteiger partial charge in [0.05, 0.1) is 18.2 Å². The predicted octanol–water partition coefficient (Wildman–Crippen LogP) is 3.26. The van der Waals surface area contributed by atoms with E-state index in [1.807, 2.05) is 54.1 Å². The van der Waals surface area contributed by atoms with Crippen LogP contribution in [-0.2, 0) is 7.05 Å². The first kappa shape index (κ1) is 15.1. The molecule has 0 unspecified atom stereocenters. The van der Waals surface area contributed by atoms with Gasteiger partial charge in [0, 0.05) is 18.6 Å². The van der Waals surface area contributed by atoms with E-state index in [1.165, 1.54) is 0 Å². The van der Waals surface area contributed by atoms with Crippen molar-refractivity contribution in [2.45, 2.75) is 0 Å². The maximum absolute atomic E-state index is 12.8. The summed E-state index contributed by atoms with van der Waals surface area (Å²) in [6, 6.07) is 14.8. The van der Waals surface area contributed by atoms with E-state index in [-0.39, 0.29) is 11.3 Å². The van der Waals surface area contributed by atoms with Gasteiger partial charge in [-0.2, -0.15) is 4.98 Å². The zero-order chi connectivity index (χ0) is 17.4. The largest absolute Gasteiger partial charge is 0.496 e. The van der Waals surface area contributed by atoms with Crippen LogP contribution in [0.1, 0.15) is 0 Å². The molecule has 0 N–H and O–H groups in total. The molecular formula is C19H15N3O3. The Labute approximate surface area is 143 Å². The molecule has 0 amide bonds. The predicted molar refractivity (Wildman–Crippen MR) is 94.5 cm³/mol. The summed E-state index contributed by atoms with van der Waals surface area (Å²) in [4.78, 5) is 17.2. The van der Waals surface area contributed by atoms with Crippen LogP contribution in [-0.4, -0.2) is 21.8 Å². The van der Waals surface area contributed by atoms with Crippen molar-refractivity contribution in [3.8, 4) is 28.6 Å². The molecule has 0 radical (unpaired) electrons. The van der Waals surface area contributed by atoms with Crippen molar-refractivity contribution in [1.82, 2.24) is 14.7 Å². The van der Waals surface area contributed by atoms with E-state index in [0.717, 1.165) is 5.52 Å². The van der Waals surface area contributed by atoms with E-state index in [0.29, 0.717) is 28.1 Å². The average molecular weight is 333 g/mol. The molecule has 25 heavy (non-hydrogen) atoms. The highest BCUT2D eigenvalue weighted by Crippen LogP contribution is 2.28. The molecule has 0 atom stereocenters. The third-order valence-corrected chi connectivity index (χ3v) is 4.10. The molecule has 0 aliphatic carbocycles. The minimum absolute atomic E-state index is 0.135. The van der Waals surface area contributed by atoms with Gasteiger partial charge < -0.3 is 13.8 Å². The van der Waals surface area contributed by atoms with E-state index in [2.05, 4.69) is 10.1 Å². The van der Waals surface area contributed by atoms with Crippen LogP contribution in [0.15, 0.2) is 64.0 Å². The Hall–Kier alpha value is -3.41. The maximum Gasteiger partial charge on any atom is 0.263 e. The van der Waals surface area contributed by atoms with Crippen molar-refractivity contribution in [1.29, 1.82) is 0 Å². The first-order valence-corrected chi connectivity index (χ1v) is 7.75. The van der Waals surface area contributed by atoms with Crippen molar-refractivity contribution in [3.63, 3.8) is 0 Å². The number of para-hydroxylation sites is 2. The molecule has 0 saturated heterocycles. The molecule has 0 aliphatic heterocycles. The molecule has 0 fully saturated rings. The van der Waals surface area contributed by atoms with Gasteiger partial charge in [0.2, 0.25) is 11.3 Å². The Morgan fingerprint density at radius 1 is 1.04 bits per heavy atom. The molecule has 0 aliphatic rings. The molecule has 4 rings (SSSR count). The van der Waals surface area contributed by atoms with Crippen LogP contribution in [0.4, 0.5) is 0 Å². The number of pyridine rings is 1. The summed E-state index contributed by atoms with van der Waals surface area (Å²) in [5.41, 5.74) is 1.79. The van der Waals surface area contributed by atoms with Gasteiger partial charge >= 0.3 is 0 Å². The maximum atomic E-state index is 12.8. The number of aromatic nitrogens is 3. The number of aryl methyl sites for hydroxylation is 1. The lowest BCUT2D eigenvalue weighted by atomic mass is 10.1. The number of hydrogen-bond acceptors (Lipinski definition) is 5. The Morgan fingerprint density at radius 3 is 2.64 bits per heavy atom. The third-order valence-electron chi connectivity index (χ3n) is 4.10. The summed E-state index contributed by atoms with van der Waals surface area (Å²) in [5.74, 6) is 1.20. The zero-order valence-electron chi connectivity index (χ0n) is 13.8. The molecule has 124 valence electrons. The van der Waals surface area contributed by atoms with E-state index in [4.69, 9.17) is 9.26 Å². The molecule has 2 aromatic carbocycles. The minimum atomic E-state index is -0.135. The highest BCUT2D eigenvalue weighted by molar-refractivity contribution is 5.82. The number of rotatable bonds is 3. The fraction of sp³-hybridized carbons (Fsp3) is 0.105. The standard InChI is InChI=1S/C19H15N3O3/c1-22-11-14(17(23)12-7-3-5-9-15(12)22)19-20-18(21-25-19)13-8-4-6-10-16(13)24-2/h3-11H,1-2H3. The molecule has 2 aromatic heterocycles. The van der Waals surface area contributed by atoms with Gasteiger partial charge in [-0.3, -0.25) is 4.79 Å². The molecule has 4 aromatic rings. The first-order chi connectivity index (χ1) is 12.2. The number of methoxy groups -OCH3 is 1. The summed E-state index contributed by atoms with van der Waals surface area (Å²) < 4.78 is 12.6. The van der Waals surface area contributed by atoms with E-state index in [1.54, 1.807) is 19.4 Å². The molecule has 0 saturated carbocycles. The van der Waals surface area contributed by atoms with Crippen molar-refractivity contribution < 1.29 is 9.26 Å². The van der Waals surface area contributed by atoms with Crippen molar-refractivity contribution >= 4 is 10.9 Å². The average Bonchev–Trinajstić information content (AvgIpc) is 3.14. The molecular weight excluding hydrogens is 318 g/mol. The molecule has 6 heteroatoms. The van der Waals surface area contributed by atoms with Crippen molar-refractivity contribution in [2.24, 2.45) is 7.05 Å². The van der Waals surface area contributed by atoms with Gasteiger partial charge in [0.1, 0.15) is 11.3 Å². The van der Waals surface area contributed by atoms with E-state index in [9.17, 15) is 4.79 Å². The number of hydrogen-bond donors (Lipinski definition) is 0. The quantitative estimate of drug-likeness (QED) is 0.575. The van der Waals surface area contributed by atoms with Crippen LogP contribution in [0.5, 0.6) is 5.75 Å². The summed E-state index contributed by atoms with van der Waals surface area (Å²) in [7, 11) is 3.46. The second kappa shape index (κ2) is 5.90. The normalized spacial score (nSPS) is 11.0. The fourth-order valence-electron chi connectivity index (χ4n) is 2.86. The van der Waals surface area contributed by atoms with Gasteiger partial charge in [-0.15, -0.1) is 0 Å². The second-order valence-corrected chi connectivity index (χ2v) is 5.62. The smallest absolute Gasteiger partial charge is 0.263 e. The lowest BCUT2D eigenvalue weighted by molar-refractivity contribution is 0.413. The lowest BCUT2D eigenvalue weighted by Gasteiger charge is -2.06. The second-order valence-electron chi connectivity index (χ2n) is 5.62. The van der Waals surface area contributed by atoms with Crippen molar-refractivity contribution in [2.75, 3.05) is 7.11 Å². The summed E-state index contributed by atoms with van der Waals surface area (Å²) in [6.45, 7) is 0. The minimum Gasteiger partial charge on any atom is -0.496 e. The molecule has 6 nitrogen and oxygen atoms in total. The van der Waals surface area contributed by atoms with Gasteiger partial charge in [-0.05, 0) is 24.3 Å². The monoisotopic (exact) mass is 333 g/mol. The number of benzene rings is 2. The van der Waals surface area contributed by atoms with E-state index >= 15 is 0 Å². The van der Waals surface area contributed by atoms with Crippen LogP contribution in [0.2, 0.25) is 0 Å². The van der Waals surface area contributed by atoms with Gasteiger partial charge in [0.25, 0.3) is 5.89 Å². The fourth-order valence-corrected chi connectivity index (χ4v) is 2.86. The number of nitrogens with zero attached hydrogens (tertiary/aromatic N) is 3. The zero-order valence-corrected chi connectivity index (χ0v) is 13.8. The van der Waals surface area contributed by atoms with Crippen molar-refractivity contribution in [3.05, 3.63) is 65.0 Å². The Bertz CT molecular complexity index is 1130. The lowest BCUT2D eigenvalue weighted by Crippen LogP contribution is -2.10. The molecule has 2 heterocycles. The van der Waals surface area contributed by atoms with Crippen LogP contribution < -0.4 is 10.2 Å². The first-order valence-electron chi connectivity index (χ1n) is 7.75. The van der Waals surface area contributed by atoms with E-state index < -0.39 is 0 Å². The Morgan fingerprint density at radius 2 is 1.80 bits per heavy atom.